The summed E-state index contributed by atoms with van der Waals surface area (Å²) in [5, 5.41) is 18.1. The maximum Gasteiger partial charge on any atom is 0.303 e. The van der Waals surface area contributed by atoms with Crippen molar-refractivity contribution in [3.05, 3.63) is 23.8 Å². The average Bonchev–Trinajstić information content (AvgIpc) is 2.33. The summed E-state index contributed by atoms with van der Waals surface area (Å²) >= 11 is 0. The van der Waals surface area contributed by atoms with Crippen molar-refractivity contribution in [1.82, 2.24) is 0 Å². The Kier molecular flexibility index (Phi) is 6.05. The highest BCUT2D eigenvalue weighted by molar-refractivity contribution is 5.66. The van der Waals surface area contributed by atoms with Crippen LogP contribution in [0.4, 0.5) is 0 Å². The molecule has 0 heterocycles. The third kappa shape index (κ3) is 4.65. The number of aryl methyl sites for hydroxylation is 1. The van der Waals surface area contributed by atoms with Gasteiger partial charge in [-0.1, -0.05) is 25.0 Å². The summed E-state index contributed by atoms with van der Waals surface area (Å²) < 4.78 is 5.16. The standard InChI is InChI=1S/C14H20O4/c1-18-14-11(8-6-9-12(14)15)7-4-2-3-5-10-13(16)17/h6,8-9,15H,2-5,7,10H2,1H3,(H,16,17). The van der Waals surface area contributed by atoms with Gasteiger partial charge >= 0.3 is 5.97 Å². The maximum absolute atomic E-state index is 10.3. The molecule has 0 bridgehead atoms. The lowest BCUT2D eigenvalue weighted by Gasteiger charge is -2.09. The SMILES string of the molecule is COc1c(O)cccc1CCCCCCC(=O)O. The molecule has 18 heavy (non-hydrogen) atoms. The van der Waals surface area contributed by atoms with Crippen molar-refractivity contribution in [2.45, 2.75) is 38.5 Å². The van der Waals surface area contributed by atoms with E-state index in [1.165, 1.54) is 0 Å². The third-order valence-electron chi connectivity index (χ3n) is 2.87. The molecule has 0 amide bonds. The second-order valence-electron chi connectivity index (χ2n) is 4.28. The lowest BCUT2D eigenvalue weighted by molar-refractivity contribution is -0.137. The Morgan fingerprint density at radius 2 is 1.94 bits per heavy atom. The van der Waals surface area contributed by atoms with Crippen molar-refractivity contribution < 1.29 is 19.7 Å². The molecule has 0 radical (unpaired) electrons. The van der Waals surface area contributed by atoms with Gasteiger partial charge in [-0.3, -0.25) is 4.79 Å². The fourth-order valence-corrected chi connectivity index (χ4v) is 1.95. The van der Waals surface area contributed by atoms with E-state index in [9.17, 15) is 9.90 Å². The summed E-state index contributed by atoms with van der Waals surface area (Å²) in [6.45, 7) is 0. The number of hydrogen-bond donors (Lipinski definition) is 2. The van der Waals surface area contributed by atoms with Gasteiger partial charge in [0.2, 0.25) is 0 Å². The van der Waals surface area contributed by atoms with Crippen molar-refractivity contribution in [3.63, 3.8) is 0 Å². The lowest BCUT2D eigenvalue weighted by atomic mass is 10.0. The Morgan fingerprint density at radius 3 is 2.61 bits per heavy atom. The highest BCUT2D eigenvalue weighted by Crippen LogP contribution is 2.30. The van der Waals surface area contributed by atoms with Crippen LogP contribution in [-0.4, -0.2) is 23.3 Å². The fraction of sp³-hybridized carbons (Fsp3) is 0.500. The number of hydrogen-bond acceptors (Lipinski definition) is 3. The number of carboxylic acids is 1. The van der Waals surface area contributed by atoms with Gasteiger partial charge in [-0.15, -0.1) is 0 Å². The first-order chi connectivity index (χ1) is 8.65. The van der Waals surface area contributed by atoms with E-state index in [2.05, 4.69) is 0 Å². The first-order valence-electron chi connectivity index (χ1n) is 6.21. The van der Waals surface area contributed by atoms with Gasteiger partial charge in [0.05, 0.1) is 7.11 Å². The van der Waals surface area contributed by atoms with Gasteiger partial charge in [0.15, 0.2) is 11.5 Å². The summed E-state index contributed by atoms with van der Waals surface area (Å²) in [6.07, 6.45) is 4.70. The van der Waals surface area contributed by atoms with Crippen LogP contribution in [-0.2, 0) is 11.2 Å². The quantitative estimate of drug-likeness (QED) is 0.698. The Bertz CT molecular complexity index is 387. The van der Waals surface area contributed by atoms with Crippen molar-refractivity contribution >= 4 is 5.97 Å². The lowest BCUT2D eigenvalue weighted by Crippen LogP contribution is -1.95. The van der Waals surface area contributed by atoms with Crippen LogP contribution in [0.2, 0.25) is 0 Å². The summed E-state index contributed by atoms with van der Waals surface area (Å²) in [4.78, 5) is 10.3. The molecule has 2 N–H and O–H groups in total. The van der Waals surface area contributed by atoms with E-state index >= 15 is 0 Å². The molecular formula is C14H20O4. The minimum atomic E-state index is -0.732. The number of aromatic hydroxyl groups is 1. The molecule has 0 saturated carbocycles. The molecule has 0 aliphatic heterocycles. The number of para-hydroxylation sites is 1. The van der Waals surface area contributed by atoms with E-state index < -0.39 is 5.97 Å². The van der Waals surface area contributed by atoms with Crippen LogP contribution >= 0.6 is 0 Å². The minimum absolute atomic E-state index is 0.167. The van der Waals surface area contributed by atoms with Crippen LogP contribution in [0.25, 0.3) is 0 Å². The van der Waals surface area contributed by atoms with E-state index in [1.807, 2.05) is 6.07 Å². The normalized spacial score (nSPS) is 10.3. The molecule has 1 rings (SSSR count). The Hall–Kier alpha value is -1.71. The zero-order chi connectivity index (χ0) is 13.4. The first kappa shape index (κ1) is 14.4. The molecule has 0 aromatic heterocycles. The Balaban J connectivity index is 2.31. The monoisotopic (exact) mass is 252 g/mol. The molecule has 1 aromatic rings. The van der Waals surface area contributed by atoms with Crippen LogP contribution < -0.4 is 4.74 Å². The summed E-state index contributed by atoms with van der Waals surface area (Å²) in [5.41, 5.74) is 0.996. The van der Waals surface area contributed by atoms with Crippen LogP contribution in [0.5, 0.6) is 11.5 Å². The van der Waals surface area contributed by atoms with Gasteiger partial charge in [-0.25, -0.2) is 0 Å². The van der Waals surface area contributed by atoms with Crippen LogP contribution in [0, 0.1) is 0 Å². The smallest absolute Gasteiger partial charge is 0.303 e. The second-order valence-corrected chi connectivity index (χ2v) is 4.28. The number of carbonyl (C=O) groups is 1. The van der Waals surface area contributed by atoms with Crippen molar-refractivity contribution in [2.24, 2.45) is 0 Å². The molecule has 4 nitrogen and oxygen atoms in total. The second kappa shape index (κ2) is 7.58. The number of phenols is 1. The predicted molar refractivity (Wildman–Crippen MR) is 69.1 cm³/mol. The molecule has 0 saturated heterocycles. The van der Waals surface area contributed by atoms with Crippen molar-refractivity contribution in [3.8, 4) is 11.5 Å². The van der Waals surface area contributed by atoms with E-state index in [1.54, 1.807) is 19.2 Å². The van der Waals surface area contributed by atoms with Crippen LogP contribution in [0.1, 0.15) is 37.7 Å². The molecule has 100 valence electrons. The molecule has 0 atom stereocenters. The Labute approximate surface area is 107 Å². The van der Waals surface area contributed by atoms with E-state index in [4.69, 9.17) is 9.84 Å². The van der Waals surface area contributed by atoms with Gasteiger partial charge in [0.25, 0.3) is 0 Å². The third-order valence-corrected chi connectivity index (χ3v) is 2.87. The summed E-state index contributed by atoms with van der Waals surface area (Å²) in [5.74, 6) is -0.0198. The highest BCUT2D eigenvalue weighted by Gasteiger charge is 2.07. The van der Waals surface area contributed by atoms with E-state index in [0.717, 1.165) is 37.7 Å². The largest absolute Gasteiger partial charge is 0.504 e. The Morgan fingerprint density at radius 1 is 1.22 bits per heavy atom. The van der Waals surface area contributed by atoms with Gasteiger partial charge in [-0.05, 0) is 30.9 Å². The first-order valence-corrected chi connectivity index (χ1v) is 6.21. The van der Waals surface area contributed by atoms with Gasteiger partial charge in [0.1, 0.15) is 0 Å². The summed E-state index contributed by atoms with van der Waals surface area (Å²) in [7, 11) is 1.55. The predicted octanol–water partition coefficient (Wildman–Crippen LogP) is 2.98. The molecule has 0 fully saturated rings. The molecule has 0 aliphatic rings. The topological polar surface area (TPSA) is 66.8 Å². The fourth-order valence-electron chi connectivity index (χ4n) is 1.95. The van der Waals surface area contributed by atoms with Gasteiger partial charge in [0, 0.05) is 6.42 Å². The number of aliphatic carboxylic acids is 1. The molecule has 0 unspecified atom stereocenters. The van der Waals surface area contributed by atoms with E-state index in [-0.39, 0.29) is 12.2 Å². The van der Waals surface area contributed by atoms with Crippen molar-refractivity contribution in [1.29, 1.82) is 0 Å². The number of benzene rings is 1. The number of rotatable bonds is 8. The number of ether oxygens (including phenoxy) is 1. The highest BCUT2D eigenvalue weighted by atomic mass is 16.5. The number of unbranched alkanes of at least 4 members (excludes halogenated alkanes) is 3. The molecule has 4 heteroatoms. The number of carboxylic acid groups (broad SMARTS) is 1. The van der Waals surface area contributed by atoms with Crippen LogP contribution in [0.3, 0.4) is 0 Å². The zero-order valence-corrected chi connectivity index (χ0v) is 10.7. The number of phenolic OH excluding ortho intramolecular Hbond substituents is 1. The number of methoxy groups -OCH3 is 1. The maximum atomic E-state index is 10.3. The zero-order valence-electron chi connectivity index (χ0n) is 10.7. The van der Waals surface area contributed by atoms with Gasteiger partial charge in [-0.2, -0.15) is 0 Å². The average molecular weight is 252 g/mol. The van der Waals surface area contributed by atoms with Crippen molar-refractivity contribution in [2.75, 3.05) is 7.11 Å². The van der Waals surface area contributed by atoms with E-state index in [0.29, 0.717) is 5.75 Å². The molecule has 1 aromatic carbocycles. The molecule has 0 aliphatic carbocycles. The van der Waals surface area contributed by atoms with Gasteiger partial charge < -0.3 is 14.9 Å². The van der Waals surface area contributed by atoms with Crippen LogP contribution in [0.15, 0.2) is 18.2 Å². The summed E-state index contributed by atoms with van der Waals surface area (Å²) in [6, 6.07) is 5.35. The molecular weight excluding hydrogens is 232 g/mol. The molecule has 0 spiro atoms. The minimum Gasteiger partial charge on any atom is -0.504 e.